The zero-order valence-electron chi connectivity index (χ0n) is 11.6. The highest BCUT2D eigenvalue weighted by Crippen LogP contribution is 2.35. The van der Waals surface area contributed by atoms with Crippen LogP contribution < -0.4 is 5.73 Å². The van der Waals surface area contributed by atoms with Gasteiger partial charge in [0, 0.05) is 17.6 Å². The van der Waals surface area contributed by atoms with Gasteiger partial charge in [-0.1, -0.05) is 31.5 Å². The smallest absolute Gasteiger partial charge is 0.124 e. The van der Waals surface area contributed by atoms with E-state index in [1.54, 1.807) is 6.07 Å². The van der Waals surface area contributed by atoms with E-state index in [1.807, 2.05) is 0 Å². The number of likely N-dealkylation sites (tertiary alicyclic amines) is 1. The van der Waals surface area contributed by atoms with Crippen LogP contribution in [0.25, 0.3) is 0 Å². The van der Waals surface area contributed by atoms with E-state index in [1.165, 1.54) is 12.1 Å². The molecule has 19 heavy (non-hydrogen) atoms. The van der Waals surface area contributed by atoms with Crippen LogP contribution >= 0.6 is 11.6 Å². The van der Waals surface area contributed by atoms with E-state index in [-0.39, 0.29) is 11.9 Å². The molecule has 106 valence electrons. The van der Waals surface area contributed by atoms with E-state index in [2.05, 4.69) is 18.7 Å². The van der Waals surface area contributed by atoms with E-state index in [4.69, 9.17) is 17.3 Å². The van der Waals surface area contributed by atoms with Crippen molar-refractivity contribution in [3.63, 3.8) is 0 Å². The van der Waals surface area contributed by atoms with Crippen molar-refractivity contribution in [3.05, 3.63) is 34.6 Å². The van der Waals surface area contributed by atoms with Gasteiger partial charge in [0.05, 0.1) is 0 Å². The lowest BCUT2D eigenvalue weighted by molar-refractivity contribution is 0.0964. The summed E-state index contributed by atoms with van der Waals surface area (Å²) in [5, 5.41) is 0.472. The van der Waals surface area contributed by atoms with Crippen molar-refractivity contribution in [2.24, 2.45) is 11.1 Å². The second-order valence-electron chi connectivity index (χ2n) is 6.12. The summed E-state index contributed by atoms with van der Waals surface area (Å²) in [5.74, 6) is -0.302. The molecule has 1 fully saturated rings. The van der Waals surface area contributed by atoms with Crippen molar-refractivity contribution in [1.82, 2.24) is 4.90 Å². The summed E-state index contributed by atoms with van der Waals surface area (Å²) < 4.78 is 13.1. The average Bonchev–Trinajstić information content (AvgIpc) is 2.34. The van der Waals surface area contributed by atoms with Crippen molar-refractivity contribution in [1.29, 1.82) is 0 Å². The first-order chi connectivity index (χ1) is 8.93. The van der Waals surface area contributed by atoms with Gasteiger partial charge in [-0.3, -0.25) is 4.90 Å². The maximum absolute atomic E-state index is 13.1. The molecule has 0 bridgehead atoms. The van der Waals surface area contributed by atoms with Crippen LogP contribution in [0.3, 0.4) is 0 Å². The third-order valence-corrected chi connectivity index (χ3v) is 4.46. The number of piperidine rings is 1. The number of hydrogen-bond donors (Lipinski definition) is 1. The van der Waals surface area contributed by atoms with Crippen LogP contribution in [-0.2, 0) is 0 Å². The summed E-state index contributed by atoms with van der Waals surface area (Å²) in [6, 6.07) is 4.67. The van der Waals surface area contributed by atoms with Crippen molar-refractivity contribution in [2.45, 2.75) is 32.7 Å². The Labute approximate surface area is 119 Å². The molecule has 4 heteroatoms. The molecule has 2 N–H and O–H groups in total. The van der Waals surface area contributed by atoms with Crippen LogP contribution in [0.1, 0.15) is 38.3 Å². The molecule has 1 atom stereocenters. The summed E-state index contributed by atoms with van der Waals surface area (Å²) in [4.78, 5) is 2.37. The van der Waals surface area contributed by atoms with Gasteiger partial charge in [-0.2, -0.15) is 0 Å². The molecule has 0 radical (unpaired) electrons. The van der Waals surface area contributed by atoms with Gasteiger partial charge < -0.3 is 5.73 Å². The third kappa shape index (κ3) is 3.47. The molecule has 0 saturated carbocycles. The SMILES string of the molecule is CC1(C)CCN(C(CN)c2ccc(F)cc2Cl)CC1. The fraction of sp³-hybridized carbons (Fsp3) is 0.600. The second kappa shape index (κ2) is 5.78. The molecule has 2 nitrogen and oxygen atoms in total. The monoisotopic (exact) mass is 284 g/mol. The van der Waals surface area contributed by atoms with Gasteiger partial charge in [0.2, 0.25) is 0 Å². The number of nitrogens with zero attached hydrogens (tertiary/aromatic N) is 1. The Morgan fingerprint density at radius 2 is 2.00 bits per heavy atom. The number of nitrogens with two attached hydrogens (primary N) is 1. The quantitative estimate of drug-likeness (QED) is 0.919. The van der Waals surface area contributed by atoms with Crippen LogP contribution in [-0.4, -0.2) is 24.5 Å². The number of benzene rings is 1. The van der Waals surface area contributed by atoms with Crippen molar-refractivity contribution >= 4 is 11.6 Å². The lowest BCUT2D eigenvalue weighted by Crippen LogP contribution is -2.42. The van der Waals surface area contributed by atoms with Crippen LogP contribution in [0.15, 0.2) is 18.2 Å². The molecule has 1 saturated heterocycles. The highest BCUT2D eigenvalue weighted by atomic mass is 35.5. The molecule has 1 aliphatic rings. The Bertz CT molecular complexity index is 438. The molecule has 1 aromatic rings. The first-order valence-corrected chi connectivity index (χ1v) is 7.20. The maximum atomic E-state index is 13.1. The third-order valence-electron chi connectivity index (χ3n) is 4.14. The predicted molar refractivity (Wildman–Crippen MR) is 77.8 cm³/mol. The van der Waals surface area contributed by atoms with Crippen LogP contribution in [0.5, 0.6) is 0 Å². The molecular formula is C15H22ClFN2. The molecule has 0 amide bonds. The molecule has 2 rings (SSSR count). The lowest BCUT2D eigenvalue weighted by Gasteiger charge is -2.41. The molecule has 0 aliphatic carbocycles. The highest BCUT2D eigenvalue weighted by Gasteiger charge is 2.30. The van der Waals surface area contributed by atoms with Crippen LogP contribution in [0, 0.1) is 11.2 Å². The van der Waals surface area contributed by atoms with E-state index < -0.39 is 0 Å². The molecular weight excluding hydrogens is 263 g/mol. The lowest BCUT2D eigenvalue weighted by atomic mass is 9.82. The standard InChI is InChI=1S/C15H22ClFN2/c1-15(2)5-7-19(8-6-15)14(10-18)12-4-3-11(17)9-13(12)16/h3-4,9,14H,5-8,10,18H2,1-2H3. The number of hydrogen-bond acceptors (Lipinski definition) is 2. The highest BCUT2D eigenvalue weighted by molar-refractivity contribution is 6.31. The minimum Gasteiger partial charge on any atom is -0.329 e. The Balaban J connectivity index is 2.16. The first-order valence-electron chi connectivity index (χ1n) is 6.82. The van der Waals surface area contributed by atoms with E-state index in [0.29, 0.717) is 17.0 Å². The summed E-state index contributed by atoms with van der Waals surface area (Å²) >= 11 is 6.16. The average molecular weight is 285 g/mol. The molecule has 0 aromatic heterocycles. The Kier molecular flexibility index (Phi) is 4.49. The molecule has 0 spiro atoms. The molecule has 1 aliphatic heterocycles. The van der Waals surface area contributed by atoms with E-state index in [0.717, 1.165) is 31.5 Å². The largest absolute Gasteiger partial charge is 0.329 e. The topological polar surface area (TPSA) is 29.3 Å². The number of halogens is 2. The predicted octanol–water partition coefficient (Wildman–Crippen LogP) is 3.60. The van der Waals surface area contributed by atoms with E-state index in [9.17, 15) is 4.39 Å². The molecule has 1 aromatic carbocycles. The van der Waals surface area contributed by atoms with Crippen LogP contribution in [0.4, 0.5) is 4.39 Å². The Morgan fingerprint density at radius 3 is 2.53 bits per heavy atom. The zero-order valence-corrected chi connectivity index (χ0v) is 12.4. The second-order valence-corrected chi connectivity index (χ2v) is 6.52. The summed E-state index contributed by atoms with van der Waals surface area (Å²) in [6.07, 6.45) is 2.31. The molecule has 1 heterocycles. The Hall–Kier alpha value is -0.640. The van der Waals surface area contributed by atoms with Gasteiger partial charge in [0.15, 0.2) is 0 Å². The van der Waals surface area contributed by atoms with Gasteiger partial charge >= 0.3 is 0 Å². The minimum atomic E-state index is -0.302. The van der Waals surface area contributed by atoms with Crippen molar-refractivity contribution < 1.29 is 4.39 Å². The minimum absolute atomic E-state index is 0.0872. The van der Waals surface area contributed by atoms with Gasteiger partial charge in [-0.25, -0.2) is 4.39 Å². The van der Waals surface area contributed by atoms with Gasteiger partial charge in [0.25, 0.3) is 0 Å². The number of rotatable bonds is 3. The summed E-state index contributed by atoms with van der Waals surface area (Å²) in [7, 11) is 0. The normalized spacial score (nSPS) is 21.3. The van der Waals surface area contributed by atoms with Gasteiger partial charge in [-0.05, 0) is 49.0 Å². The molecule has 1 unspecified atom stereocenters. The van der Waals surface area contributed by atoms with Gasteiger partial charge in [0.1, 0.15) is 5.82 Å². The maximum Gasteiger partial charge on any atom is 0.124 e. The Morgan fingerprint density at radius 1 is 1.37 bits per heavy atom. The summed E-state index contributed by atoms with van der Waals surface area (Å²) in [5.41, 5.74) is 7.26. The fourth-order valence-corrected chi connectivity index (χ4v) is 2.98. The van der Waals surface area contributed by atoms with Gasteiger partial charge in [-0.15, -0.1) is 0 Å². The summed E-state index contributed by atoms with van der Waals surface area (Å²) in [6.45, 7) is 7.14. The fourth-order valence-electron chi connectivity index (χ4n) is 2.69. The van der Waals surface area contributed by atoms with Crippen molar-refractivity contribution in [3.8, 4) is 0 Å². The van der Waals surface area contributed by atoms with Crippen LogP contribution in [0.2, 0.25) is 5.02 Å². The van der Waals surface area contributed by atoms with Crippen molar-refractivity contribution in [2.75, 3.05) is 19.6 Å². The van der Waals surface area contributed by atoms with E-state index >= 15 is 0 Å². The zero-order chi connectivity index (χ0) is 14.0. The first kappa shape index (κ1) is 14.8.